The monoisotopic (exact) mass is 212 g/mol. The molecular weight excluding hydrogens is 203 g/mol. The van der Waals surface area contributed by atoms with Crippen molar-refractivity contribution in [2.45, 2.75) is 0 Å². The Balaban J connectivity index is 3.22. The quantitative estimate of drug-likeness (QED) is 0.755. The summed E-state index contributed by atoms with van der Waals surface area (Å²) in [5.41, 5.74) is 0.0529. The van der Waals surface area contributed by atoms with Gasteiger partial charge >= 0.3 is 5.97 Å². The van der Waals surface area contributed by atoms with Crippen LogP contribution in [0.4, 0.5) is 4.39 Å². The van der Waals surface area contributed by atoms with E-state index >= 15 is 0 Å². The van der Waals surface area contributed by atoms with Gasteiger partial charge in [-0.1, -0.05) is 18.2 Å². The third kappa shape index (κ3) is 2.35. The lowest BCUT2D eigenvalue weighted by atomic mass is 10.1. The lowest BCUT2D eigenvalue weighted by molar-refractivity contribution is 0.0696. The fraction of sp³-hybridized carbons (Fsp3) is 0.100. The highest BCUT2D eigenvalue weighted by molar-refractivity contribution is 7.80. The highest BCUT2D eigenvalue weighted by atomic mass is 32.1. The van der Waals surface area contributed by atoms with Crippen molar-refractivity contribution in [3.8, 4) is 0 Å². The number of aromatic carboxylic acids is 1. The molecule has 0 amide bonds. The van der Waals surface area contributed by atoms with E-state index in [2.05, 4.69) is 12.6 Å². The van der Waals surface area contributed by atoms with Crippen LogP contribution in [0.15, 0.2) is 24.3 Å². The third-order valence-corrected chi connectivity index (χ3v) is 1.88. The van der Waals surface area contributed by atoms with Gasteiger partial charge in [-0.25, -0.2) is 9.18 Å². The molecule has 1 rings (SSSR count). The maximum Gasteiger partial charge on any atom is 0.336 e. The topological polar surface area (TPSA) is 37.3 Å². The Hall–Kier alpha value is -1.29. The second-order valence-corrected chi connectivity index (χ2v) is 2.96. The standard InChI is InChI=1S/C10H9FO2S/c11-9-5-1-3-8(10(12)13)7(9)4-2-6-14/h1-5,14H,6H2,(H,12,13). The largest absolute Gasteiger partial charge is 0.478 e. The van der Waals surface area contributed by atoms with Crippen LogP contribution in [0.5, 0.6) is 0 Å². The van der Waals surface area contributed by atoms with E-state index in [1.165, 1.54) is 24.3 Å². The molecule has 1 aromatic rings. The van der Waals surface area contributed by atoms with Gasteiger partial charge in [-0.2, -0.15) is 12.6 Å². The number of thiol groups is 1. The summed E-state index contributed by atoms with van der Waals surface area (Å²) in [6.07, 6.45) is 3.01. The van der Waals surface area contributed by atoms with Gasteiger partial charge in [0.2, 0.25) is 0 Å². The van der Waals surface area contributed by atoms with Crippen molar-refractivity contribution in [1.29, 1.82) is 0 Å². The number of halogens is 1. The number of benzene rings is 1. The van der Waals surface area contributed by atoms with E-state index in [0.717, 1.165) is 0 Å². The Morgan fingerprint density at radius 2 is 2.29 bits per heavy atom. The van der Waals surface area contributed by atoms with E-state index in [9.17, 15) is 9.18 Å². The first kappa shape index (κ1) is 10.8. The zero-order chi connectivity index (χ0) is 10.6. The van der Waals surface area contributed by atoms with Gasteiger partial charge in [0.05, 0.1) is 5.56 Å². The van der Waals surface area contributed by atoms with Gasteiger partial charge < -0.3 is 5.11 Å². The van der Waals surface area contributed by atoms with Crippen molar-refractivity contribution in [3.63, 3.8) is 0 Å². The highest BCUT2D eigenvalue weighted by Crippen LogP contribution is 2.15. The molecule has 0 saturated heterocycles. The Bertz CT molecular complexity index is 374. The van der Waals surface area contributed by atoms with Gasteiger partial charge in [-0.3, -0.25) is 0 Å². The van der Waals surface area contributed by atoms with Crippen LogP contribution < -0.4 is 0 Å². The first-order valence-electron chi connectivity index (χ1n) is 3.96. The Labute approximate surface area is 86.5 Å². The molecule has 0 aliphatic carbocycles. The first-order chi connectivity index (χ1) is 6.66. The van der Waals surface area contributed by atoms with E-state index in [4.69, 9.17) is 5.11 Å². The molecule has 1 aromatic carbocycles. The fourth-order valence-corrected chi connectivity index (χ4v) is 1.17. The molecule has 0 unspecified atom stereocenters. The van der Waals surface area contributed by atoms with E-state index in [1.807, 2.05) is 0 Å². The SMILES string of the molecule is O=C(O)c1cccc(F)c1C=CCS. The van der Waals surface area contributed by atoms with E-state index in [-0.39, 0.29) is 11.1 Å². The number of carboxylic acid groups (broad SMARTS) is 1. The van der Waals surface area contributed by atoms with Crippen LogP contribution in [0.3, 0.4) is 0 Å². The molecule has 4 heteroatoms. The summed E-state index contributed by atoms with van der Waals surface area (Å²) in [5, 5.41) is 8.77. The summed E-state index contributed by atoms with van der Waals surface area (Å²) in [6, 6.07) is 3.96. The maximum absolute atomic E-state index is 13.2. The summed E-state index contributed by atoms with van der Waals surface area (Å²) in [4.78, 5) is 10.7. The summed E-state index contributed by atoms with van der Waals surface area (Å²) < 4.78 is 13.2. The van der Waals surface area contributed by atoms with E-state index in [0.29, 0.717) is 5.75 Å². The predicted molar refractivity (Wildman–Crippen MR) is 56.2 cm³/mol. The summed E-state index contributed by atoms with van der Waals surface area (Å²) in [6.45, 7) is 0. The molecule has 2 nitrogen and oxygen atoms in total. The lowest BCUT2D eigenvalue weighted by Crippen LogP contribution is -2.01. The van der Waals surface area contributed by atoms with Gasteiger partial charge in [0.1, 0.15) is 5.82 Å². The fourth-order valence-electron chi connectivity index (χ4n) is 1.06. The second-order valence-electron chi connectivity index (χ2n) is 2.59. The minimum Gasteiger partial charge on any atom is -0.478 e. The molecule has 0 radical (unpaired) electrons. The van der Waals surface area contributed by atoms with Crippen LogP contribution in [0.2, 0.25) is 0 Å². The van der Waals surface area contributed by atoms with Gasteiger partial charge in [0.15, 0.2) is 0 Å². The van der Waals surface area contributed by atoms with Gasteiger partial charge in [0, 0.05) is 11.3 Å². The van der Waals surface area contributed by atoms with Crippen molar-refractivity contribution in [3.05, 3.63) is 41.2 Å². The van der Waals surface area contributed by atoms with Crippen LogP contribution in [-0.2, 0) is 0 Å². The zero-order valence-electron chi connectivity index (χ0n) is 7.27. The minimum atomic E-state index is -1.14. The smallest absolute Gasteiger partial charge is 0.336 e. The summed E-state index contributed by atoms with van der Waals surface area (Å²) in [7, 11) is 0. The van der Waals surface area contributed by atoms with Crippen molar-refractivity contribution in [2.75, 3.05) is 5.75 Å². The van der Waals surface area contributed by atoms with Gasteiger partial charge in [-0.05, 0) is 12.1 Å². The molecule has 0 bridgehead atoms. The number of hydrogen-bond acceptors (Lipinski definition) is 2. The first-order valence-corrected chi connectivity index (χ1v) is 4.59. The molecule has 0 aliphatic rings. The third-order valence-electron chi connectivity index (χ3n) is 1.67. The normalized spacial score (nSPS) is 10.7. The zero-order valence-corrected chi connectivity index (χ0v) is 8.17. The molecule has 74 valence electrons. The highest BCUT2D eigenvalue weighted by Gasteiger charge is 2.10. The van der Waals surface area contributed by atoms with Gasteiger partial charge in [0.25, 0.3) is 0 Å². The Morgan fingerprint density at radius 1 is 1.57 bits per heavy atom. The average Bonchev–Trinajstić information content (AvgIpc) is 2.15. The van der Waals surface area contributed by atoms with Crippen LogP contribution in [0.25, 0.3) is 6.08 Å². The summed E-state index contributed by atoms with van der Waals surface area (Å²) >= 11 is 3.91. The Morgan fingerprint density at radius 3 is 2.86 bits per heavy atom. The molecule has 0 aliphatic heterocycles. The molecule has 0 aromatic heterocycles. The number of hydrogen-bond donors (Lipinski definition) is 2. The lowest BCUT2D eigenvalue weighted by Gasteiger charge is -2.01. The average molecular weight is 212 g/mol. The molecule has 1 N–H and O–H groups in total. The molecule has 0 spiro atoms. The molecule has 0 fully saturated rings. The van der Waals surface area contributed by atoms with Crippen LogP contribution in [0, 0.1) is 5.82 Å². The van der Waals surface area contributed by atoms with Crippen LogP contribution in [-0.4, -0.2) is 16.8 Å². The Kier molecular flexibility index (Phi) is 3.71. The number of rotatable bonds is 3. The maximum atomic E-state index is 13.2. The van der Waals surface area contributed by atoms with Crippen LogP contribution >= 0.6 is 12.6 Å². The van der Waals surface area contributed by atoms with E-state index in [1.54, 1.807) is 6.08 Å². The molecule has 14 heavy (non-hydrogen) atoms. The van der Waals surface area contributed by atoms with Crippen molar-refractivity contribution < 1.29 is 14.3 Å². The van der Waals surface area contributed by atoms with Gasteiger partial charge in [-0.15, -0.1) is 0 Å². The molecule has 0 atom stereocenters. The minimum absolute atomic E-state index is 0.0389. The molecule has 0 heterocycles. The second kappa shape index (κ2) is 4.81. The van der Waals surface area contributed by atoms with Crippen molar-refractivity contribution in [2.24, 2.45) is 0 Å². The predicted octanol–water partition coefficient (Wildman–Crippen LogP) is 2.47. The number of carboxylic acids is 1. The van der Waals surface area contributed by atoms with Crippen molar-refractivity contribution in [1.82, 2.24) is 0 Å². The van der Waals surface area contributed by atoms with Crippen molar-refractivity contribution >= 4 is 24.7 Å². The van der Waals surface area contributed by atoms with E-state index < -0.39 is 11.8 Å². The van der Waals surface area contributed by atoms with Crippen LogP contribution in [0.1, 0.15) is 15.9 Å². The summed E-state index contributed by atoms with van der Waals surface area (Å²) in [5.74, 6) is -1.24. The number of carbonyl (C=O) groups is 1. The molecule has 0 saturated carbocycles. The molecular formula is C10H9FO2S.